The summed E-state index contributed by atoms with van der Waals surface area (Å²) in [5.41, 5.74) is 10.7. The Balaban J connectivity index is 1.16. The van der Waals surface area contributed by atoms with E-state index in [2.05, 4.69) is 152 Å². The van der Waals surface area contributed by atoms with Crippen molar-refractivity contribution in [2.75, 3.05) is 0 Å². The van der Waals surface area contributed by atoms with Gasteiger partial charge < -0.3 is 4.42 Å². The maximum Gasteiger partial charge on any atom is 0.164 e. The largest absolute Gasteiger partial charge is 0.456 e. The Morgan fingerprint density at radius 3 is 1.50 bits per heavy atom. The first-order valence-corrected chi connectivity index (χ1v) is 19.4. The number of aromatic nitrogens is 4. The third kappa shape index (κ3) is 5.46. The zero-order valence-electron chi connectivity index (χ0n) is 29.9. The van der Waals surface area contributed by atoms with Gasteiger partial charge in [0.05, 0.1) is 15.6 Å². The fraction of sp³-hybridized carbons (Fsp3) is 0. The van der Waals surface area contributed by atoms with Crippen molar-refractivity contribution in [2.24, 2.45) is 0 Å². The minimum atomic E-state index is 0.590. The minimum Gasteiger partial charge on any atom is -0.456 e. The zero-order chi connectivity index (χ0) is 37.0. The maximum atomic E-state index is 6.52. The molecule has 0 fully saturated rings. The van der Waals surface area contributed by atoms with Crippen molar-refractivity contribution in [2.45, 2.75) is 0 Å². The number of furan rings is 1. The molecule has 0 bridgehead atoms. The number of benzene rings is 8. The fourth-order valence-electron chi connectivity index (χ4n) is 7.75. The molecular weight excluding hydrogens is 705 g/mol. The highest BCUT2D eigenvalue weighted by Crippen LogP contribution is 2.43. The summed E-state index contributed by atoms with van der Waals surface area (Å²) in [6.45, 7) is 0. The van der Waals surface area contributed by atoms with Crippen LogP contribution in [0.2, 0.25) is 0 Å². The van der Waals surface area contributed by atoms with E-state index in [1.165, 1.54) is 0 Å². The van der Waals surface area contributed by atoms with Crippen molar-refractivity contribution in [1.29, 1.82) is 0 Å². The van der Waals surface area contributed by atoms with E-state index >= 15 is 0 Å². The molecule has 3 heterocycles. The molecule has 262 valence electrons. The summed E-state index contributed by atoms with van der Waals surface area (Å²) in [6, 6.07) is 62.6. The second-order valence-corrected chi connectivity index (χ2v) is 14.8. The summed E-state index contributed by atoms with van der Waals surface area (Å²) in [5.74, 6) is 1.81. The summed E-state index contributed by atoms with van der Waals surface area (Å²) < 4.78 is 7.64. The van der Waals surface area contributed by atoms with Crippen LogP contribution >= 0.6 is 11.3 Å². The molecule has 0 amide bonds. The molecule has 5 nitrogen and oxygen atoms in total. The van der Waals surface area contributed by atoms with Crippen molar-refractivity contribution >= 4 is 54.3 Å². The van der Waals surface area contributed by atoms with Gasteiger partial charge in [0, 0.05) is 27.6 Å². The summed E-state index contributed by atoms with van der Waals surface area (Å²) in [5, 5.41) is 5.19. The van der Waals surface area contributed by atoms with Crippen molar-refractivity contribution < 1.29 is 4.42 Å². The van der Waals surface area contributed by atoms with Crippen molar-refractivity contribution in [3.05, 3.63) is 182 Å². The molecule has 6 heteroatoms. The standard InChI is InChI=1S/C50H30N4OS/c1-4-14-31(15-5-1)36-20-10-12-22-38(36)48-52-47(53-49(54-48)39-23-13-11-21-37(39)32-16-6-2-7-17-32)35-25-24-33-26-27-41-44(40(33)30-35)45-42(55-41)28-29-43-46(45)51-50(56-43)34-18-8-3-9-19-34/h1-30H. The lowest BCUT2D eigenvalue weighted by molar-refractivity contribution is 0.669. The number of thiazole rings is 1. The van der Waals surface area contributed by atoms with Gasteiger partial charge in [0.25, 0.3) is 0 Å². The molecule has 0 aliphatic rings. The summed E-state index contributed by atoms with van der Waals surface area (Å²) >= 11 is 1.70. The molecule has 0 saturated carbocycles. The first kappa shape index (κ1) is 32.2. The van der Waals surface area contributed by atoms with E-state index in [0.29, 0.717) is 17.5 Å². The molecule has 11 rings (SSSR count). The fourth-order valence-corrected chi connectivity index (χ4v) is 8.73. The normalized spacial score (nSPS) is 11.6. The Kier molecular flexibility index (Phi) is 7.60. The third-order valence-corrected chi connectivity index (χ3v) is 11.5. The Morgan fingerprint density at radius 1 is 0.375 bits per heavy atom. The Morgan fingerprint density at radius 2 is 0.875 bits per heavy atom. The van der Waals surface area contributed by atoms with Crippen LogP contribution in [-0.2, 0) is 0 Å². The number of fused-ring (bicyclic) bond motifs is 7. The molecule has 0 aliphatic heterocycles. The Hall–Kier alpha value is -7.28. The van der Waals surface area contributed by atoms with Gasteiger partial charge in [0.1, 0.15) is 16.2 Å². The predicted octanol–water partition coefficient (Wildman–Crippen LogP) is 13.5. The monoisotopic (exact) mass is 734 g/mol. The van der Waals surface area contributed by atoms with Crippen LogP contribution in [0.1, 0.15) is 0 Å². The van der Waals surface area contributed by atoms with E-state index in [4.69, 9.17) is 24.4 Å². The topological polar surface area (TPSA) is 64.7 Å². The average molecular weight is 735 g/mol. The molecule has 0 N–H and O–H groups in total. The van der Waals surface area contributed by atoms with Gasteiger partial charge in [-0.1, -0.05) is 158 Å². The molecular formula is C50H30N4OS. The summed E-state index contributed by atoms with van der Waals surface area (Å²) in [4.78, 5) is 20.9. The summed E-state index contributed by atoms with van der Waals surface area (Å²) in [6.07, 6.45) is 0. The van der Waals surface area contributed by atoms with E-state index in [1.807, 2.05) is 30.3 Å². The van der Waals surface area contributed by atoms with Crippen molar-refractivity contribution in [3.63, 3.8) is 0 Å². The minimum absolute atomic E-state index is 0.590. The van der Waals surface area contributed by atoms with Gasteiger partial charge in [0.2, 0.25) is 0 Å². The molecule has 0 radical (unpaired) electrons. The molecule has 8 aromatic carbocycles. The third-order valence-electron chi connectivity index (χ3n) is 10.4. The average Bonchev–Trinajstić information content (AvgIpc) is 3.89. The maximum absolute atomic E-state index is 6.52. The zero-order valence-corrected chi connectivity index (χ0v) is 30.7. The van der Waals surface area contributed by atoms with E-state index < -0.39 is 0 Å². The molecule has 0 spiro atoms. The highest BCUT2D eigenvalue weighted by Gasteiger charge is 2.20. The van der Waals surface area contributed by atoms with Crippen molar-refractivity contribution in [3.8, 4) is 67.0 Å². The molecule has 0 atom stereocenters. The SMILES string of the molecule is c1ccc(-c2nc3c(ccc4oc5ccc6ccc(-c7nc(-c8ccccc8-c8ccccc8)nc(-c8ccccc8-c8ccccc8)n7)cc6c5c43)s2)cc1. The first-order chi connectivity index (χ1) is 27.7. The lowest BCUT2D eigenvalue weighted by Gasteiger charge is -2.14. The van der Waals surface area contributed by atoms with E-state index in [-0.39, 0.29) is 0 Å². The number of hydrogen-bond donors (Lipinski definition) is 0. The van der Waals surface area contributed by atoms with Gasteiger partial charge >= 0.3 is 0 Å². The number of nitrogens with zero attached hydrogens (tertiary/aromatic N) is 4. The molecule has 3 aromatic heterocycles. The predicted molar refractivity (Wildman–Crippen MR) is 230 cm³/mol. The number of rotatable bonds is 6. The molecule has 0 saturated heterocycles. The molecule has 0 unspecified atom stereocenters. The highest BCUT2D eigenvalue weighted by molar-refractivity contribution is 7.21. The molecule has 56 heavy (non-hydrogen) atoms. The lowest BCUT2D eigenvalue weighted by Crippen LogP contribution is -2.02. The quantitative estimate of drug-likeness (QED) is 0.170. The van der Waals surface area contributed by atoms with Crippen LogP contribution in [-0.4, -0.2) is 19.9 Å². The smallest absolute Gasteiger partial charge is 0.164 e. The second kappa shape index (κ2) is 13.2. The van der Waals surface area contributed by atoms with Gasteiger partial charge in [-0.2, -0.15) is 0 Å². The Bertz CT molecular complexity index is 3150. The van der Waals surface area contributed by atoms with Crippen LogP contribution in [0.15, 0.2) is 186 Å². The highest BCUT2D eigenvalue weighted by atomic mass is 32.1. The Labute approximate surface area is 326 Å². The van der Waals surface area contributed by atoms with Gasteiger partial charge in [-0.25, -0.2) is 19.9 Å². The molecule has 0 aliphatic carbocycles. The van der Waals surface area contributed by atoms with Crippen LogP contribution in [0.4, 0.5) is 0 Å². The van der Waals surface area contributed by atoms with Gasteiger partial charge in [-0.3, -0.25) is 0 Å². The van der Waals surface area contributed by atoms with Crippen LogP contribution in [0.5, 0.6) is 0 Å². The van der Waals surface area contributed by atoms with E-state index in [1.54, 1.807) is 11.3 Å². The first-order valence-electron chi connectivity index (χ1n) is 18.6. The van der Waals surface area contributed by atoms with E-state index in [0.717, 1.165) is 92.4 Å². The summed E-state index contributed by atoms with van der Waals surface area (Å²) in [7, 11) is 0. The lowest BCUT2D eigenvalue weighted by atomic mass is 9.98. The van der Waals surface area contributed by atoms with Gasteiger partial charge in [-0.05, 0) is 57.3 Å². The second-order valence-electron chi connectivity index (χ2n) is 13.8. The van der Waals surface area contributed by atoms with Gasteiger partial charge in [0.15, 0.2) is 17.5 Å². The van der Waals surface area contributed by atoms with Crippen molar-refractivity contribution in [1.82, 2.24) is 19.9 Å². The van der Waals surface area contributed by atoms with Crippen LogP contribution in [0, 0.1) is 0 Å². The number of hydrogen-bond acceptors (Lipinski definition) is 6. The van der Waals surface area contributed by atoms with Gasteiger partial charge in [-0.15, -0.1) is 11.3 Å². The molecule has 11 aromatic rings. The van der Waals surface area contributed by atoms with E-state index in [9.17, 15) is 0 Å². The van der Waals surface area contributed by atoms with Crippen LogP contribution < -0.4 is 0 Å². The van der Waals surface area contributed by atoms with Crippen LogP contribution in [0.25, 0.3) is 110 Å². The van der Waals surface area contributed by atoms with Crippen LogP contribution in [0.3, 0.4) is 0 Å².